The van der Waals surface area contributed by atoms with Crippen LogP contribution in [0.1, 0.15) is 45.4 Å². The molecule has 0 fully saturated rings. The van der Waals surface area contributed by atoms with Crippen LogP contribution in [0.25, 0.3) is 0 Å². The summed E-state index contributed by atoms with van der Waals surface area (Å²) in [5.41, 5.74) is 1.42. The second-order valence-electron chi connectivity index (χ2n) is 3.56. The van der Waals surface area contributed by atoms with Crippen LogP contribution in [0.2, 0.25) is 0 Å². The summed E-state index contributed by atoms with van der Waals surface area (Å²) >= 11 is 4.69. The molecule has 0 atom stereocenters. The molecule has 0 spiro atoms. The fourth-order valence-corrected chi connectivity index (χ4v) is 3.76. The highest BCUT2D eigenvalue weighted by Gasteiger charge is 2.28. The van der Waals surface area contributed by atoms with Crippen molar-refractivity contribution in [2.75, 3.05) is 6.61 Å². The number of hydrogen-bond donors (Lipinski definition) is 0. The van der Waals surface area contributed by atoms with Gasteiger partial charge in [-0.05, 0) is 41.3 Å². The maximum atomic E-state index is 11.7. The lowest BCUT2D eigenvalue weighted by Crippen LogP contribution is -2.12. The van der Waals surface area contributed by atoms with Gasteiger partial charge >= 0.3 is 5.97 Å². The molecule has 3 nitrogen and oxygen atoms in total. The van der Waals surface area contributed by atoms with E-state index < -0.39 is 0 Å². The van der Waals surface area contributed by atoms with Crippen molar-refractivity contribution in [1.82, 2.24) is 0 Å². The molecule has 0 aromatic carbocycles. The van der Waals surface area contributed by atoms with Gasteiger partial charge in [0.1, 0.15) is 0 Å². The summed E-state index contributed by atoms with van der Waals surface area (Å²) in [4.78, 5) is 24.1. The molecular weight excluding hydrogens is 292 g/mol. The zero-order valence-corrected chi connectivity index (χ0v) is 11.2. The lowest BCUT2D eigenvalue weighted by atomic mass is 9.95. The first kappa shape index (κ1) is 11.8. The summed E-state index contributed by atoms with van der Waals surface area (Å²) in [5, 5.41) is 0. The van der Waals surface area contributed by atoms with Gasteiger partial charge in [0.2, 0.25) is 0 Å². The van der Waals surface area contributed by atoms with Crippen LogP contribution < -0.4 is 0 Å². The Hall–Kier alpha value is -0.680. The molecule has 1 aromatic heterocycles. The Balaban J connectivity index is 2.46. The Morgan fingerprint density at radius 2 is 2.25 bits per heavy atom. The highest BCUT2D eigenvalue weighted by Crippen LogP contribution is 2.38. The molecule has 0 amide bonds. The van der Waals surface area contributed by atoms with Gasteiger partial charge in [-0.1, -0.05) is 0 Å². The summed E-state index contributed by atoms with van der Waals surface area (Å²) < 4.78 is 5.71. The van der Waals surface area contributed by atoms with Gasteiger partial charge in [0.15, 0.2) is 5.78 Å². The van der Waals surface area contributed by atoms with E-state index in [2.05, 4.69) is 15.9 Å². The molecule has 1 aromatic rings. The molecule has 0 radical (unpaired) electrons. The van der Waals surface area contributed by atoms with Crippen LogP contribution in [0.5, 0.6) is 0 Å². The van der Waals surface area contributed by atoms with Crippen molar-refractivity contribution in [3.05, 3.63) is 19.8 Å². The van der Waals surface area contributed by atoms with Gasteiger partial charge in [-0.25, -0.2) is 4.79 Å². The number of esters is 1. The lowest BCUT2D eigenvalue weighted by molar-refractivity contribution is 0.0524. The van der Waals surface area contributed by atoms with Crippen LogP contribution in [-0.4, -0.2) is 18.4 Å². The average molecular weight is 303 g/mol. The number of rotatable bonds is 2. The predicted molar refractivity (Wildman–Crippen MR) is 65.2 cm³/mol. The standard InChI is InChI=1S/C11H11BrO3S/c1-2-15-11(14)8-6-4-3-5-7(13)9(6)16-10(8)12/h2-5H2,1H3. The Bertz CT molecular complexity index is 450. The Morgan fingerprint density at radius 3 is 2.94 bits per heavy atom. The Kier molecular flexibility index (Phi) is 3.44. The largest absolute Gasteiger partial charge is 0.462 e. The third kappa shape index (κ3) is 1.94. The normalized spacial score (nSPS) is 14.8. The van der Waals surface area contributed by atoms with E-state index >= 15 is 0 Å². The second-order valence-corrected chi connectivity index (χ2v) is 5.89. The summed E-state index contributed by atoms with van der Waals surface area (Å²) in [6.07, 6.45) is 2.20. The van der Waals surface area contributed by atoms with E-state index in [0.717, 1.165) is 23.3 Å². The molecule has 1 aliphatic rings. The molecule has 0 N–H and O–H groups in total. The quantitative estimate of drug-likeness (QED) is 0.788. The SMILES string of the molecule is CCOC(=O)c1c(Br)sc2c1CCCC2=O. The molecule has 0 bridgehead atoms. The minimum absolute atomic E-state index is 0.141. The van der Waals surface area contributed by atoms with Gasteiger partial charge in [-0.2, -0.15) is 0 Å². The van der Waals surface area contributed by atoms with Gasteiger partial charge in [0.05, 0.1) is 20.8 Å². The van der Waals surface area contributed by atoms with Crippen LogP contribution in [0, 0.1) is 0 Å². The molecule has 5 heteroatoms. The van der Waals surface area contributed by atoms with Gasteiger partial charge in [0, 0.05) is 6.42 Å². The highest BCUT2D eigenvalue weighted by molar-refractivity contribution is 9.11. The zero-order valence-electron chi connectivity index (χ0n) is 8.84. The zero-order chi connectivity index (χ0) is 11.7. The van der Waals surface area contributed by atoms with Gasteiger partial charge in [-0.15, -0.1) is 11.3 Å². The van der Waals surface area contributed by atoms with Gasteiger partial charge in [-0.3, -0.25) is 4.79 Å². The number of thiophene rings is 1. The van der Waals surface area contributed by atoms with Crippen molar-refractivity contribution in [3.8, 4) is 0 Å². The molecule has 16 heavy (non-hydrogen) atoms. The average Bonchev–Trinajstić information content (AvgIpc) is 2.56. The number of hydrogen-bond acceptors (Lipinski definition) is 4. The molecule has 0 saturated heterocycles. The fraction of sp³-hybridized carbons (Fsp3) is 0.455. The number of ketones is 1. The number of ether oxygens (including phenoxy) is 1. The number of Topliss-reactive ketones (excluding diaryl/α,β-unsaturated/α-hetero) is 1. The van der Waals surface area contributed by atoms with Crippen molar-refractivity contribution < 1.29 is 14.3 Å². The minimum Gasteiger partial charge on any atom is -0.462 e. The van der Waals surface area contributed by atoms with E-state index in [4.69, 9.17) is 4.74 Å². The third-order valence-corrected chi connectivity index (χ3v) is 4.47. The van der Waals surface area contributed by atoms with E-state index in [1.54, 1.807) is 6.92 Å². The summed E-state index contributed by atoms with van der Waals surface area (Å²) in [6.45, 7) is 2.12. The predicted octanol–water partition coefficient (Wildman–Crippen LogP) is 3.21. The monoisotopic (exact) mass is 302 g/mol. The van der Waals surface area contributed by atoms with Crippen molar-refractivity contribution in [1.29, 1.82) is 0 Å². The first-order chi connectivity index (χ1) is 7.65. The first-order valence-electron chi connectivity index (χ1n) is 5.16. The highest BCUT2D eigenvalue weighted by atomic mass is 79.9. The lowest BCUT2D eigenvalue weighted by Gasteiger charge is -2.11. The van der Waals surface area contributed by atoms with Crippen LogP contribution >= 0.6 is 27.3 Å². The van der Waals surface area contributed by atoms with E-state index in [1.807, 2.05) is 0 Å². The van der Waals surface area contributed by atoms with Crippen molar-refractivity contribution in [2.45, 2.75) is 26.2 Å². The Labute approximate surface area is 106 Å². The summed E-state index contributed by atoms with van der Waals surface area (Å²) in [6, 6.07) is 0. The minimum atomic E-state index is -0.332. The van der Waals surface area contributed by atoms with Crippen molar-refractivity contribution >= 4 is 39.0 Å². The Morgan fingerprint density at radius 1 is 1.50 bits per heavy atom. The first-order valence-corrected chi connectivity index (χ1v) is 6.77. The van der Waals surface area contributed by atoms with Crippen LogP contribution in [0.15, 0.2) is 3.79 Å². The molecule has 1 aliphatic carbocycles. The molecule has 0 saturated carbocycles. The molecule has 0 unspecified atom stereocenters. The third-order valence-electron chi connectivity index (χ3n) is 2.53. The molecule has 1 heterocycles. The van der Waals surface area contributed by atoms with Crippen LogP contribution in [-0.2, 0) is 11.2 Å². The number of carbonyl (C=O) groups excluding carboxylic acids is 2. The van der Waals surface area contributed by atoms with E-state index in [1.165, 1.54) is 11.3 Å². The van der Waals surface area contributed by atoms with Crippen LogP contribution in [0.3, 0.4) is 0 Å². The van der Waals surface area contributed by atoms with Gasteiger partial charge in [0.25, 0.3) is 0 Å². The van der Waals surface area contributed by atoms with Gasteiger partial charge < -0.3 is 4.74 Å². The van der Waals surface area contributed by atoms with E-state index in [0.29, 0.717) is 22.4 Å². The summed E-state index contributed by atoms with van der Waals surface area (Å²) in [7, 11) is 0. The number of carbonyl (C=O) groups is 2. The maximum Gasteiger partial charge on any atom is 0.340 e. The number of fused-ring (bicyclic) bond motifs is 1. The maximum absolute atomic E-state index is 11.7. The topological polar surface area (TPSA) is 43.4 Å². The second kappa shape index (κ2) is 4.67. The number of halogens is 1. The fourth-order valence-electron chi connectivity index (χ4n) is 1.84. The molecule has 86 valence electrons. The van der Waals surface area contributed by atoms with E-state index in [9.17, 15) is 9.59 Å². The van der Waals surface area contributed by atoms with Crippen molar-refractivity contribution in [2.24, 2.45) is 0 Å². The molecule has 2 rings (SSSR count). The summed E-state index contributed by atoms with van der Waals surface area (Å²) in [5.74, 6) is -0.191. The van der Waals surface area contributed by atoms with Crippen LogP contribution in [0.4, 0.5) is 0 Å². The molecule has 0 aliphatic heterocycles. The van der Waals surface area contributed by atoms with Crippen molar-refractivity contribution in [3.63, 3.8) is 0 Å². The molecular formula is C11H11BrO3S. The van der Waals surface area contributed by atoms with E-state index in [-0.39, 0.29) is 11.8 Å². The smallest absolute Gasteiger partial charge is 0.340 e.